The van der Waals surface area contributed by atoms with Crippen LogP contribution in [0.5, 0.6) is 0 Å². The van der Waals surface area contributed by atoms with Crippen LogP contribution >= 0.6 is 0 Å². The average molecular weight is 248 g/mol. The van der Waals surface area contributed by atoms with Crippen LogP contribution < -0.4 is 11.1 Å². The van der Waals surface area contributed by atoms with E-state index in [1.54, 1.807) is 0 Å². The van der Waals surface area contributed by atoms with Gasteiger partial charge in [0.2, 0.25) is 0 Å². The Balaban J connectivity index is 1.95. The monoisotopic (exact) mass is 248 g/mol. The second-order valence-electron chi connectivity index (χ2n) is 4.65. The number of aliphatic imine (C=N–C) groups is 1. The first-order valence-corrected chi connectivity index (χ1v) is 6.26. The molecule has 6 heteroatoms. The highest BCUT2D eigenvalue weighted by Gasteiger charge is 2.14. The van der Waals surface area contributed by atoms with E-state index in [1.807, 2.05) is 6.92 Å². The maximum absolute atomic E-state index is 5.75. The summed E-state index contributed by atoms with van der Waals surface area (Å²) < 4.78 is 2.15. The smallest absolute Gasteiger partial charge is 0.189 e. The highest BCUT2D eigenvalue weighted by Crippen LogP contribution is 2.14. The molecule has 18 heavy (non-hydrogen) atoms. The topological polar surface area (TPSA) is 81.1 Å². The van der Waals surface area contributed by atoms with Crippen LogP contribution in [0.15, 0.2) is 17.1 Å². The van der Waals surface area contributed by atoms with E-state index in [9.17, 15) is 0 Å². The Hall–Kier alpha value is -1.85. The minimum absolute atomic E-state index is 0.422. The molecule has 0 unspecified atom stereocenters. The molecule has 1 aliphatic rings. The molecule has 0 amide bonds. The van der Waals surface area contributed by atoms with E-state index < -0.39 is 0 Å². The Kier molecular flexibility index (Phi) is 3.96. The van der Waals surface area contributed by atoms with Crippen molar-refractivity contribution in [3.05, 3.63) is 23.8 Å². The van der Waals surface area contributed by atoms with Crippen LogP contribution in [0.4, 0.5) is 0 Å². The number of rotatable bonds is 4. The van der Waals surface area contributed by atoms with Gasteiger partial charge in [0.05, 0.1) is 0 Å². The third kappa shape index (κ3) is 3.09. The summed E-state index contributed by atoms with van der Waals surface area (Å²) in [6, 6.07) is 0. The third-order valence-corrected chi connectivity index (χ3v) is 2.90. The SMILES string of the molecule is C=C(C)CNC(N)=NCc1nnc2n1CCCC2. The maximum Gasteiger partial charge on any atom is 0.189 e. The highest BCUT2D eigenvalue weighted by atomic mass is 15.3. The second-order valence-corrected chi connectivity index (χ2v) is 4.65. The normalized spacial score (nSPS) is 15.3. The van der Waals surface area contributed by atoms with Gasteiger partial charge in [-0.05, 0) is 19.8 Å². The predicted octanol–water partition coefficient (Wildman–Crippen LogP) is 0.595. The molecule has 0 spiro atoms. The van der Waals surface area contributed by atoms with Gasteiger partial charge in [-0.15, -0.1) is 10.2 Å². The van der Waals surface area contributed by atoms with Crippen molar-refractivity contribution in [2.45, 2.75) is 39.3 Å². The summed E-state index contributed by atoms with van der Waals surface area (Å²) in [6.07, 6.45) is 3.40. The lowest BCUT2D eigenvalue weighted by Crippen LogP contribution is -2.32. The zero-order valence-electron chi connectivity index (χ0n) is 10.8. The van der Waals surface area contributed by atoms with Crippen molar-refractivity contribution >= 4 is 5.96 Å². The molecule has 0 aliphatic carbocycles. The number of aromatic nitrogens is 3. The molecule has 0 radical (unpaired) electrons. The van der Waals surface area contributed by atoms with Crippen LogP contribution in [0.1, 0.15) is 31.4 Å². The van der Waals surface area contributed by atoms with Gasteiger partial charge in [0.15, 0.2) is 11.8 Å². The van der Waals surface area contributed by atoms with Gasteiger partial charge in [0.25, 0.3) is 0 Å². The van der Waals surface area contributed by atoms with Gasteiger partial charge in [0, 0.05) is 19.5 Å². The van der Waals surface area contributed by atoms with Crippen molar-refractivity contribution in [2.24, 2.45) is 10.7 Å². The zero-order chi connectivity index (χ0) is 13.0. The fourth-order valence-electron chi connectivity index (χ4n) is 1.94. The summed E-state index contributed by atoms with van der Waals surface area (Å²) in [7, 11) is 0. The van der Waals surface area contributed by atoms with E-state index in [1.165, 1.54) is 12.8 Å². The van der Waals surface area contributed by atoms with Gasteiger partial charge in [-0.2, -0.15) is 0 Å². The van der Waals surface area contributed by atoms with Crippen molar-refractivity contribution in [3.63, 3.8) is 0 Å². The molecule has 2 rings (SSSR count). The summed E-state index contributed by atoms with van der Waals surface area (Å²) in [6.45, 7) is 7.85. The molecular weight excluding hydrogens is 228 g/mol. The summed E-state index contributed by atoms with van der Waals surface area (Å²) in [4.78, 5) is 4.27. The van der Waals surface area contributed by atoms with Crippen LogP contribution in [-0.4, -0.2) is 27.3 Å². The Labute approximate surface area is 107 Å². The summed E-state index contributed by atoms with van der Waals surface area (Å²) in [5.74, 6) is 2.39. The molecule has 1 aromatic rings. The van der Waals surface area contributed by atoms with Gasteiger partial charge in [-0.1, -0.05) is 12.2 Å². The summed E-state index contributed by atoms with van der Waals surface area (Å²) in [5, 5.41) is 11.3. The van der Waals surface area contributed by atoms with Crippen LogP contribution in [0.3, 0.4) is 0 Å². The molecule has 0 aromatic carbocycles. The van der Waals surface area contributed by atoms with Crippen molar-refractivity contribution in [2.75, 3.05) is 6.54 Å². The van der Waals surface area contributed by atoms with Crippen LogP contribution in [0.2, 0.25) is 0 Å². The highest BCUT2D eigenvalue weighted by molar-refractivity contribution is 5.77. The lowest BCUT2D eigenvalue weighted by Gasteiger charge is -2.13. The molecule has 98 valence electrons. The Morgan fingerprint density at radius 1 is 1.50 bits per heavy atom. The lowest BCUT2D eigenvalue weighted by molar-refractivity contribution is 0.508. The quantitative estimate of drug-likeness (QED) is 0.464. The molecule has 1 aliphatic heterocycles. The fourth-order valence-corrected chi connectivity index (χ4v) is 1.94. The van der Waals surface area contributed by atoms with E-state index in [2.05, 4.69) is 31.7 Å². The largest absolute Gasteiger partial charge is 0.370 e. The van der Waals surface area contributed by atoms with Gasteiger partial charge < -0.3 is 15.6 Å². The first-order valence-electron chi connectivity index (χ1n) is 6.26. The number of nitrogens with one attached hydrogen (secondary N) is 1. The Morgan fingerprint density at radius 2 is 2.33 bits per heavy atom. The number of hydrogen-bond acceptors (Lipinski definition) is 3. The zero-order valence-corrected chi connectivity index (χ0v) is 10.8. The first kappa shape index (κ1) is 12.6. The standard InChI is InChI=1S/C12H20N6/c1-9(2)7-14-12(13)15-8-11-17-16-10-5-3-4-6-18(10)11/h1,3-8H2,2H3,(H3,13,14,15). The van der Waals surface area contributed by atoms with Crippen LogP contribution in [-0.2, 0) is 19.5 Å². The van der Waals surface area contributed by atoms with Crippen molar-refractivity contribution < 1.29 is 0 Å². The van der Waals surface area contributed by atoms with Gasteiger partial charge in [-0.25, -0.2) is 4.99 Å². The molecule has 0 saturated carbocycles. The van der Waals surface area contributed by atoms with Gasteiger partial charge >= 0.3 is 0 Å². The first-order chi connectivity index (χ1) is 8.66. The third-order valence-electron chi connectivity index (χ3n) is 2.90. The van der Waals surface area contributed by atoms with Gasteiger partial charge in [0.1, 0.15) is 12.4 Å². The van der Waals surface area contributed by atoms with Crippen molar-refractivity contribution in [1.29, 1.82) is 0 Å². The molecular formula is C12H20N6. The predicted molar refractivity (Wildman–Crippen MR) is 71.1 cm³/mol. The molecule has 0 fully saturated rings. The van der Waals surface area contributed by atoms with E-state index in [0.717, 1.165) is 30.2 Å². The minimum Gasteiger partial charge on any atom is -0.370 e. The number of aryl methyl sites for hydroxylation is 1. The van der Waals surface area contributed by atoms with E-state index in [4.69, 9.17) is 5.73 Å². The number of nitrogens with zero attached hydrogens (tertiary/aromatic N) is 4. The molecule has 6 nitrogen and oxygen atoms in total. The molecule has 2 heterocycles. The molecule has 0 saturated heterocycles. The van der Waals surface area contributed by atoms with Crippen molar-refractivity contribution in [1.82, 2.24) is 20.1 Å². The van der Waals surface area contributed by atoms with Crippen molar-refractivity contribution in [3.8, 4) is 0 Å². The summed E-state index contributed by atoms with van der Waals surface area (Å²) >= 11 is 0. The lowest BCUT2D eigenvalue weighted by atomic mass is 10.2. The second kappa shape index (κ2) is 5.66. The van der Waals surface area contributed by atoms with Crippen LogP contribution in [0, 0.1) is 0 Å². The molecule has 0 bridgehead atoms. The van der Waals surface area contributed by atoms with E-state index in [0.29, 0.717) is 19.0 Å². The molecule has 1 aromatic heterocycles. The Morgan fingerprint density at radius 3 is 3.11 bits per heavy atom. The molecule has 3 N–H and O–H groups in total. The summed E-state index contributed by atoms with van der Waals surface area (Å²) in [5.41, 5.74) is 6.78. The Bertz CT molecular complexity index is 459. The number of nitrogens with two attached hydrogens (primary N) is 1. The van der Waals surface area contributed by atoms with Crippen LogP contribution in [0.25, 0.3) is 0 Å². The minimum atomic E-state index is 0.422. The van der Waals surface area contributed by atoms with E-state index >= 15 is 0 Å². The average Bonchev–Trinajstić information content (AvgIpc) is 2.77. The number of guanidine groups is 1. The fraction of sp³-hybridized carbons (Fsp3) is 0.583. The molecule has 0 atom stereocenters. The van der Waals surface area contributed by atoms with Gasteiger partial charge in [-0.3, -0.25) is 0 Å². The van der Waals surface area contributed by atoms with E-state index in [-0.39, 0.29) is 0 Å². The number of fused-ring (bicyclic) bond motifs is 1. The maximum atomic E-state index is 5.75. The number of hydrogen-bond donors (Lipinski definition) is 2.